The Morgan fingerprint density at radius 2 is 1.84 bits per heavy atom. The van der Waals surface area contributed by atoms with Crippen molar-refractivity contribution < 1.29 is 9.53 Å². The molecule has 3 aromatic rings. The molecule has 2 aliphatic heterocycles. The molecule has 7 heteroatoms. The van der Waals surface area contributed by atoms with E-state index in [9.17, 15) is 4.79 Å². The van der Waals surface area contributed by atoms with E-state index in [0.717, 1.165) is 36.5 Å². The van der Waals surface area contributed by atoms with Gasteiger partial charge >= 0.3 is 0 Å². The van der Waals surface area contributed by atoms with Gasteiger partial charge in [-0.05, 0) is 71.6 Å². The molecule has 0 aromatic heterocycles. The lowest BCUT2D eigenvalue weighted by molar-refractivity contribution is -0.114. The molecule has 0 radical (unpaired) electrons. The topological polar surface area (TPSA) is 80.0 Å². The first kappa shape index (κ1) is 27.4. The monoisotopic (exact) mass is 530 g/mol. The number of halogens is 1. The second kappa shape index (κ2) is 12.8. The van der Waals surface area contributed by atoms with Gasteiger partial charge in [0.15, 0.2) is 0 Å². The minimum atomic E-state index is -0.143. The van der Waals surface area contributed by atoms with Crippen LogP contribution in [0.3, 0.4) is 0 Å². The summed E-state index contributed by atoms with van der Waals surface area (Å²) in [6, 6.07) is 21.3. The van der Waals surface area contributed by atoms with Gasteiger partial charge in [0.2, 0.25) is 0 Å². The largest absolute Gasteiger partial charge is 0.497 e. The van der Waals surface area contributed by atoms with E-state index in [-0.39, 0.29) is 5.91 Å². The van der Waals surface area contributed by atoms with Crippen molar-refractivity contribution in [2.75, 3.05) is 25.1 Å². The number of rotatable bonds is 5. The highest BCUT2D eigenvalue weighted by molar-refractivity contribution is 6.33. The molecule has 1 amide bonds. The number of anilines is 1. The van der Waals surface area contributed by atoms with E-state index in [2.05, 4.69) is 17.4 Å². The fraction of sp³-hybridized carbons (Fsp3) is 0.290. The van der Waals surface area contributed by atoms with Crippen LogP contribution in [0.1, 0.15) is 42.5 Å². The molecule has 6 nitrogen and oxygen atoms in total. The van der Waals surface area contributed by atoms with E-state index < -0.39 is 0 Å². The standard InChI is InChI=1S/C29H29ClN4O2.C2H6/c1-36-25-9-5-19(6-10-25)17-33-26-12-14-34(24-8-7-20-11-13-32-18-22(20)16-24)29(35)27(26)28(31)21-3-2-4-23(30)15-21;1-2/h2-10,15-16,32H,11-14,17-18,31H2,1H3;1-2H3/b28-27+,33-26?;. The number of fused-ring (bicyclic) bond motifs is 1. The molecule has 3 N–H and O–H groups in total. The maximum absolute atomic E-state index is 13.9. The molecule has 1 fully saturated rings. The van der Waals surface area contributed by atoms with E-state index >= 15 is 0 Å². The van der Waals surface area contributed by atoms with Crippen molar-refractivity contribution in [2.24, 2.45) is 10.7 Å². The molecule has 3 aromatic carbocycles. The van der Waals surface area contributed by atoms with Gasteiger partial charge in [-0.15, -0.1) is 0 Å². The molecule has 5 rings (SSSR count). The van der Waals surface area contributed by atoms with Gasteiger partial charge in [0.05, 0.1) is 30.6 Å². The van der Waals surface area contributed by atoms with Crippen LogP contribution in [0.2, 0.25) is 5.02 Å². The number of nitrogens with zero attached hydrogens (tertiary/aromatic N) is 2. The smallest absolute Gasteiger partial charge is 0.262 e. The summed E-state index contributed by atoms with van der Waals surface area (Å²) in [5, 5.41) is 3.98. The van der Waals surface area contributed by atoms with E-state index in [1.54, 1.807) is 19.2 Å². The molecule has 0 atom stereocenters. The van der Waals surface area contributed by atoms with Crippen LogP contribution in [0.25, 0.3) is 5.70 Å². The van der Waals surface area contributed by atoms with Crippen LogP contribution < -0.4 is 20.7 Å². The summed E-state index contributed by atoms with van der Waals surface area (Å²) in [6.45, 7) is 6.78. The Morgan fingerprint density at radius 1 is 1.05 bits per heavy atom. The fourth-order valence-corrected chi connectivity index (χ4v) is 4.92. The Bertz CT molecular complexity index is 1350. The van der Waals surface area contributed by atoms with Crippen molar-refractivity contribution in [2.45, 2.75) is 39.8 Å². The zero-order chi connectivity index (χ0) is 27.1. The first-order chi connectivity index (χ1) is 18.5. The molecule has 0 aliphatic carbocycles. The number of piperidine rings is 1. The summed E-state index contributed by atoms with van der Waals surface area (Å²) in [7, 11) is 1.64. The summed E-state index contributed by atoms with van der Waals surface area (Å²) < 4.78 is 5.25. The third-order valence-corrected chi connectivity index (χ3v) is 6.96. The lowest BCUT2D eigenvalue weighted by Crippen LogP contribution is -2.42. The highest BCUT2D eigenvalue weighted by atomic mass is 35.5. The van der Waals surface area contributed by atoms with Crippen LogP contribution in [-0.2, 0) is 24.3 Å². The second-order valence-electron chi connectivity index (χ2n) is 9.00. The van der Waals surface area contributed by atoms with Crippen molar-refractivity contribution in [1.29, 1.82) is 0 Å². The number of nitrogens with one attached hydrogen (secondary N) is 1. The first-order valence-electron chi connectivity index (χ1n) is 13.1. The summed E-state index contributed by atoms with van der Waals surface area (Å²) in [4.78, 5) is 20.6. The van der Waals surface area contributed by atoms with Gasteiger partial charge in [0.1, 0.15) is 5.75 Å². The zero-order valence-electron chi connectivity index (χ0n) is 22.3. The molecule has 38 heavy (non-hydrogen) atoms. The number of nitrogens with two attached hydrogens (primary N) is 1. The number of aliphatic imine (C=N–C) groups is 1. The number of hydrogen-bond acceptors (Lipinski definition) is 5. The highest BCUT2D eigenvalue weighted by Gasteiger charge is 2.32. The minimum absolute atomic E-state index is 0.143. The SMILES string of the molecule is CC.COc1ccc(CN=C2CCN(c3ccc4c(c3)CNCC4)C(=O)/C2=C(/N)c2cccc(Cl)c2)cc1. The molecule has 198 valence electrons. The van der Waals surface area contributed by atoms with Crippen molar-refractivity contribution in [3.63, 3.8) is 0 Å². The third-order valence-electron chi connectivity index (χ3n) is 6.72. The Kier molecular flexibility index (Phi) is 9.21. The predicted molar refractivity (Wildman–Crippen MR) is 157 cm³/mol. The molecule has 0 saturated carbocycles. The molecule has 1 saturated heterocycles. The molecule has 0 spiro atoms. The number of amides is 1. The van der Waals surface area contributed by atoms with E-state index in [1.807, 2.05) is 61.2 Å². The zero-order valence-corrected chi connectivity index (χ0v) is 23.0. The Balaban J connectivity index is 0.00000164. The minimum Gasteiger partial charge on any atom is -0.497 e. The fourth-order valence-electron chi connectivity index (χ4n) is 4.73. The van der Waals surface area contributed by atoms with E-state index in [4.69, 9.17) is 27.1 Å². The Hall–Kier alpha value is -3.61. The maximum atomic E-state index is 13.9. The van der Waals surface area contributed by atoms with Crippen LogP contribution in [0.5, 0.6) is 5.75 Å². The Labute approximate surface area is 230 Å². The summed E-state index contributed by atoms with van der Waals surface area (Å²) >= 11 is 6.24. The molecule has 0 unspecified atom stereocenters. The van der Waals surface area contributed by atoms with Gasteiger partial charge in [-0.2, -0.15) is 0 Å². The number of benzene rings is 3. The summed E-state index contributed by atoms with van der Waals surface area (Å²) in [6.07, 6.45) is 1.60. The number of methoxy groups -OCH3 is 1. The van der Waals surface area contributed by atoms with Crippen molar-refractivity contribution in [1.82, 2.24) is 5.32 Å². The van der Waals surface area contributed by atoms with Crippen molar-refractivity contribution in [3.05, 3.63) is 99.6 Å². The third kappa shape index (κ3) is 6.09. The summed E-state index contributed by atoms with van der Waals surface area (Å²) in [5.41, 5.74) is 13.4. The van der Waals surface area contributed by atoms with Gasteiger partial charge in [0.25, 0.3) is 5.91 Å². The van der Waals surface area contributed by atoms with Gasteiger partial charge in [0, 0.05) is 30.2 Å². The number of hydrogen-bond donors (Lipinski definition) is 2. The number of carbonyl (C=O) groups is 1. The normalized spacial score (nSPS) is 17.4. The lowest BCUT2D eigenvalue weighted by Gasteiger charge is -2.31. The number of carbonyl (C=O) groups excluding carboxylic acids is 1. The summed E-state index contributed by atoms with van der Waals surface area (Å²) in [5.74, 6) is 0.650. The first-order valence-corrected chi connectivity index (χ1v) is 13.5. The molecule has 2 aliphatic rings. The average molecular weight is 531 g/mol. The lowest BCUT2D eigenvalue weighted by atomic mass is 9.94. The molecular formula is C31H35ClN4O2. The van der Waals surface area contributed by atoms with Crippen LogP contribution in [0.15, 0.2) is 77.3 Å². The van der Waals surface area contributed by atoms with Crippen LogP contribution in [0.4, 0.5) is 5.69 Å². The van der Waals surface area contributed by atoms with Gasteiger partial charge in [-0.25, -0.2) is 0 Å². The Morgan fingerprint density at radius 3 is 2.58 bits per heavy atom. The maximum Gasteiger partial charge on any atom is 0.262 e. The van der Waals surface area contributed by atoms with Gasteiger partial charge < -0.3 is 20.7 Å². The average Bonchev–Trinajstić information content (AvgIpc) is 2.97. The van der Waals surface area contributed by atoms with Crippen molar-refractivity contribution in [3.8, 4) is 5.75 Å². The van der Waals surface area contributed by atoms with Crippen molar-refractivity contribution >= 4 is 34.6 Å². The van der Waals surface area contributed by atoms with Gasteiger partial charge in [-0.1, -0.05) is 55.8 Å². The molecule has 0 bridgehead atoms. The second-order valence-corrected chi connectivity index (χ2v) is 9.43. The number of ether oxygens (including phenoxy) is 1. The molecular weight excluding hydrogens is 496 g/mol. The van der Waals surface area contributed by atoms with Crippen LogP contribution in [-0.4, -0.2) is 31.8 Å². The molecule has 2 heterocycles. The van der Waals surface area contributed by atoms with Crippen LogP contribution in [0, 0.1) is 0 Å². The predicted octanol–water partition coefficient (Wildman–Crippen LogP) is 5.77. The quantitative estimate of drug-likeness (QED) is 0.410. The highest BCUT2D eigenvalue weighted by Crippen LogP contribution is 2.30. The van der Waals surface area contributed by atoms with Gasteiger partial charge in [-0.3, -0.25) is 9.79 Å². The van der Waals surface area contributed by atoms with E-state index in [1.165, 1.54) is 11.1 Å². The van der Waals surface area contributed by atoms with E-state index in [0.29, 0.717) is 47.1 Å². The van der Waals surface area contributed by atoms with Crippen LogP contribution >= 0.6 is 11.6 Å².